The molecule has 8 rings (SSSR count). The van der Waals surface area contributed by atoms with E-state index >= 15 is 24.0 Å². The standard InChI is InChI=1S/C72H94N16O18/c1-39(2)30-48-64(98)84-54(34-42-18-10-5-11-19-42)71(105)87-29-13-21-55(87)70(104)83-51(32-41-16-8-4-9-17-41)67(101)80-49(31-40-14-6-3-7-15-40)66(100)82-53(36-58(75)92)69(103)77-47(26-27-57(74)91)63(97)79-50(33-43-22-24-45(90)25-23-43)65(99)81-52(68(102)76-46(20-12-28-73)62(96)78-48)35-44-37-88(86-85-44)72-61(95)60(94)59(93)56(38-89)106-72/h3-11,14-19,22-25,37,39,46-56,59-61,72,89-90,93-95H,12-13,20-21,26-36,38,73H2,1-2H3,(H2,74,91)(H2,75,92)(H,76,102)(H,77,103)(H,78,96)(H,79,97)(H,80,101)(H,81,99)(H,82,100)(H,83,104)(H,84,98)/t46-,47-,48-,49+,50-,51-,52-,53-,54+,55-,56+,59+,60-,61+,72+/m0/s1. The lowest BCUT2D eigenvalue weighted by Crippen LogP contribution is -2.62. The maximum Gasteiger partial charge on any atom is 0.246 e. The van der Waals surface area contributed by atoms with Crippen LogP contribution in [0.4, 0.5) is 0 Å². The fraction of sp³-hybridized carbons (Fsp3) is 0.472. The summed E-state index contributed by atoms with van der Waals surface area (Å²) in [6.07, 6.45) is -10.8. The number of ether oxygens (including phenoxy) is 1. The number of phenols is 1. The van der Waals surface area contributed by atoms with Crippen LogP contribution in [0.2, 0.25) is 0 Å². The minimum Gasteiger partial charge on any atom is -0.508 e. The molecule has 3 aliphatic rings. The Hall–Kier alpha value is -10.8. The number of primary amides is 2. The summed E-state index contributed by atoms with van der Waals surface area (Å²) in [5.41, 5.74) is 19.1. The first-order chi connectivity index (χ1) is 50.7. The normalized spacial score (nSPS) is 26.7. The van der Waals surface area contributed by atoms with E-state index in [1.54, 1.807) is 105 Å². The molecule has 34 nitrogen and oxygen atoms in total. The van der Waals surface area contributed by atoms with Crippen LogP contribution in [0.1, 0.15) is 99.4 Å². The molecule has 570 valence electrons. The van der Waals surface area contributed by atoms with E-state index in [2.05, 4.69) is 58.2 Å². The van der Waals surface area contributed by atoms with Crippen molar-refractivity contribution < 1.29 is 87.8 Å². The van der Waals surface area contributed by atoms with E-state index < -0.39 is 201 Å². The summed E-state index contributed by atoms with van der Waals surface area (Å²) in [7, 11) is 0. The molecule has 34 heteroatoms. The van der Waals surface area contributed by atoms with Crippen molar-refractivity contribution in [1.82, 2.24) is 67.7 Å². The van der Waals surface area contributed by atoms with E-state index in [1.807, 2.05) is 0 Å². The van der Waals surface area contributed by atoms with Crippen molar-refractivity contribution in [2.75, 3.05) is 19.7 Å². The fourth-order valence-electron chi connectivity index (χ4n) is 12.7. The molecule has 106 heavy (non-hydrogen) atoms. The molecule has 0 saturated carbocycles. The number of nitrogens with one attached hydrogen (secondary N) is 9. The van der Waals surface area contributed by atoms with Gasteiger partial charge in [0.1, 0.15) is 90.6 Å². The predicted octanol–water partition coefficient (Wildman–Crippen LogP) is -4.24. The van der Waals surface area contributed by atoms with Gasteiger partial charge in [-0.2, -0.15) is 0 Å². The highest BCUT2D eigenvalue weighted by atomic mass is 16.6. The molecular weight excluding hydrogens is 1380 g/mol. The number of aromatic hydroxyl groups is 1. The second kappa shape index (κ2) is 38.8. The van der Waals surface area contributed by atoms with Crippen molar-refractivity contribution in [3.05, 3.63) is 149 Å². The van der Waals surface area contributed by atoms with Crippen molar-refractivity contribution >= 4 is 70.9 Å². The SMILES string of the molecule is CC(C)C[C@@H]1NC(=O)[C@H](CCCN)NC(=O)[C@H](Cc2cn([C@@H]3O[C@H](CO)[C@@H](O)[C@H](O)[C@H]3O)nn2)NC(=O)[C@H](Cc2ccc(O)cc2)NC(=O)[C@H](CCC(N)=O)NC(=O)[C@H](CC(N)=O)NC(=O)[C@@H](Cc2ccccc2)NC(=O)[C@H](Cc2ccccc2)NC(=O)[C@@H]2CCCN2C(=O)[C@@H](Cc2ccccc2)NC1=O. The van der Waals surface area contributed by atoms with Crippen molar-refractivity contribution in [2.45, 2.75) is 188 Å². The first kappa shape index (κ1) is 80.9. The largest absolute Gasteiger partial charge is 0.508 e. The number of carbonyl (C=O) groups excluding carboxylic acids is 12. The molecule has 0 spiro atoms. The molecule has 0 aliphatic carbocycles. The van der Waals surface area contributed by atoms with Gasteiger partial charge in [0, 0.05) is 45.1 Å². The van der Waals surface area contributed by atoms with Gasteiger partial charge in [0.2, 0.25) is 70.9 Å². The highest BCUT2D eigenvalue weighted by molar-refractivity contribution is 6.01. The summed E-state index contributed by atoms with van der Waals surface area (Å²) < 4.78 is 6.59. The monoisotopic (exact) mass is 1470 g/mol. The zero-order valence-electron chi connectivity index (χ0n) is 58.7. The van der Waals surface area contributed by atoms with Crippen LogP contribution in [-0.2, 0) is 94.4 Å². The molecule has 1 aromatic heterocycles. The van der Waals surface area contributed by atoms with Gasteiger partial charge in [-0.05, 0) is 85.4 Å². The van der Waals surface area contributed by atoms with Gasteiger partial charge in [-0.15, -0.1) is 5.10 Å². The molecule has 4 aromatic carbocycles. The fourth-order valence-corrected chi connectivity index (χ4v) is 12.7. The minimum absolute atomic E-state index is 0.0222. The summed E-state index contributed by atoms with van der Waals surface area (Å²) in [6.45, 7) is 2.74. The van der Waals surface area contributed by atoms with Crippen LogP contribution in [0.5, 0.6) is 5.75 Å². The quantitative estimate of drug-likeness (QED) is 0.0312. The molecule has 0 bridgehead atoms. The first-order valence-corrected chi connectivity index (χ1v) is 35.1. The number of aliphatic hydroxyl groups excluding tert-OH is 4. The number of carbonyl (C=O) groups is 12. The summed E-state index contributed by atoms with van der Waals surface area (Å²) in [6, 6.07) is 14.8. The molecule has 3 saturated heterocycles. The van der Waals surface area contributed by atoms with Crippen molar-refractivity contribution in [3.63, 3.8) is 0 Å². The van der Waals surface area contributed by atoms with Crippen molar-refractivity contribution in [2.24, 2.45) is 23.1 Å². The summed E-state index contributed by atoms with van der Waals surface area (Å²) >= 11 is 0. The average Bonchev–Trinajstić information content (AvgIpc) is 1.54. The number of benzene rings is 4. The molecule has 5 aromatic rings. The maximum absolute atomic E-state index is 15.3. The van der Waals surface area contributed by atoms with E-state index in [-0.39, 0.29) is 81.0 Å². The second-order valence-electron chi connectivity index (χ2n) is 27.0. The van der Waals surface area contributed by atoms with Crippen LogP contribution in [0, 0.1) is 5.92 Å². The van der Waals surface area contributed by atoms with Gasteiger partial charge in [0.05, 0.1) is 24.9 Å². The molecular formula is C72H94N16O18. The summed E-state index contributed by atoms with van der Waals surface area (Å²) in [5, 5.41) is 84.4. The number of hydrogen-bond acceptors (Lipinski definition) is 21. The molecule has 3 aliphatic heterocycles. The number of rotatable bonds is 22. The van der Waals surface area contributed by atoms with E-state index in [9.17, 15) is 59.1 Å². The number of hydrogen-bond donors (Lipinski definition) is 17. The van der Waals surface area contributed by atoms with Gasteiger partial charge < -0.3 is 100 Å². The molecule has 15 atom stereocenters. The van der Waals surface area contributed by atoms with Gasteiger partial charge in [-0.25, -0.2) is 4.68 Å². The predicted molar refractivity (Wildman–Crippen MR) is 377 cm³/mol. The smallest absolute Gasteiger partial charge is 0.246 e. The Morgan fingerprint density at radius 3 is 1.43 bits per heavy atom. The van der Waals surface area contributed by atoms with Gasteiger partial charge in [0.25, 0.3) is 0 Å². The van der Waals surface area contributed by atoms with Crippen LogP contribution in [0.3, 0.4) is 0 Å². The Balaban J connectivity index is 1.23. The van der Waals surface area contributed by atoms with Crippen molar-refractivity contribution in [1.29, 1.82) is 0 Å². The van der Waals surface area contributed by atoms with E-state index in [0.29, 0.717) is 23.1 Å². The average molecular weight is 1470 g/mol. The van der Waals surface area contributed by atoms with Crippen LogP contribution < -0.4 is 65.1 Å². The maximum atomic E-state index is 15.3. The topological polar surface area (TPSA) is 535 Å². The van der Waals surface area contributed by atoms with Crippen molar-refractivity contribution in [3.8, 4) is 5.75 Å². The van der Waals surface area contributed by atoms with Crippen LogP contribution in [0.15, 0.2) is 121 Å². The zero-order valence-corrected chi connectivity index (χ0v) is 58.7. The Bertz CT molecular complexity index is 3850. The van der Waals surface area contributed by atoms with Crippen LogP contribution in [0.25, 0.3) is 0 Å². The molecule has 0 unspecified atom stereocenters. The molecule has 0 radical (unpaired) electrons. The number of aromatic nitrogens is 3. The molecule has 3 fully saturated rings. The molecule has 12 amide bonds. The Morgan fingerprint density at radius 1 is 0.519 bits per heavy atom. The van der Waals surface area contributed by atoms with Crippen LogP contribution >= 0.6 is 0 Å². The summed E-state index contributed by atoms with van der Waals surface area (Å²) in [4.78, 5) is 177. The number of aliphatic hydroxyl groups is 4. The van der Waals surface area contributed by atoms with E-state index in [0.717, 1.165) is 10.9 Å². The number of nitrogens with two attached hydrogens (primary N) is 3. The Kier molecular flexibility index (Phi) is 29.6. The highest BCUT2D eigenvalue weighted by Gasteiger charge is 2.46. The van der Waals surface area contributed by atoms with E-state index in [4.69, 9.17) is 21.9 Å². The lowest BCUT2D eigenvalue weighted by molar-refractivity contribution is -0.254. The third-order valence-corrected chi connectivity index (χ3v) is 18.3. The van der Waals surface area contributed by atoms with Gasteiger partial charge in [0.15, 0.2) is 6.23 Å². The minimum atomic E-state index is -1.93. The zero-order chi connectivity index (χ0) is 76.7. The van der Waals surface area contributed by atoms with E-state index in [1.165, 1.54) is 29.2 Å². The number of phenolic OH excluding ortho intramolecular Hbond substituents is 1. The second-order valence-corrected chi connectivity index (χ2v) is 27.0. The van der Waals surface area contributed by atoms with Gasteiger partial charge in [-0.3, -0.25) is 57.5 Å². The lowest BCUT2D eigenvalue weighted by Gasteiger charge is -2.39. The number of amides is 12. The number of fused-ring (bicyclic) bond motifs is 1. The molecule has 20 N–H and O–H groups in total. The molecule has 4 heterocycles. The van der Waals surface area contributed by atoms with Crippen LogP contribution in [-0.4, -0.2) is 221 Å². The summed E-state index contributed by atoms with van der Waals surface area (Å²) in [5.74, 6) is -12.5. The Morgan fingerprint density at radius 2 is 0.943 bits per heavy atom. The number of nitrogens with zero attached hydrogens (tertiary/aromatic N) is 4. The first-order valence-electron chi connectivity index (χ1n) is 35.1. The Labute approximate surface area is 610 Å². The highest BCUT2D eigenvalue weighted by Crippen LogP contribution is 2.29. The lowest BCUT2D eigenvalue weighted by atomic mass is 9.98. The van der Waals surface area contributed by atoms with Gasteiger partial charge >= 0.3 is 0 Å². The third kappa shape index (κ3) is 23.1. The van der Waals surface area contributed by atoms with Gasteiger partial charge in [-0.1, -0.05) is 122 Å². The third-order valence-electron chi connectivity index (χ3n) is 18.3.